The zero-order valence-corrected chi connectivity index (χ0v) is 20.7. The van der Waals surface area contributed by atoms with Gasteiger partial charge in [0.15, 0.2) is 5.89 Å². The highest BCUT2D eigenvalue weighted by atomic mass is 16.3. The van der Waals surface area contributed by atoms with Crippen LogP contribution in [0.25, 0.3) is 16.9 Å². The van der Waals surface area contributed by atoms with Crippen LogP contribution in [0.15, 0.2) is 76.4 Å². The lowest BCUT2D eigenvalue weighted by molar-refractivity contribution is 0.312. The summed E-state index contributed by atoms with van der Waals surface area (Å²) in [5.41, 5.74) is 5.16. The maximum absolute atomic E-state index is 13.1. The van der Waals surface area contributed by atoms with Gasteiger partial charge in [-0.3, -0.25) is 9.13 Å². The third-order valence-corrected chi connectivity index (χ3v) is 6.76. The first-order chi connectivity index (χ1) is 17.0. The fourth-order valence-electron chi connectivity index (χ4n) is 4.58. The van der Waals surface area contributed by atoms with E-state index in [9.17, 15) is 4.79 Å². The molecule has 0 saturated carbocycles. The van der Waals surface area contributed by atoms with E-state index in [0.717, 1.165) is 55.4 Å². The van der Waals surface area contributed by atoms with Crippen LogP contribution in [0.4, 0.5) is 5.69 Å². The van der Waals surface area contributed by atoms with Gasteiger partial charge in [0.1, 0.15) is 12.0 Å². The SMILES string of the molecule is CC(C)c1nc(-c2ccc(-n3ccn(CCc4ccccc4N4CCN(C)CC4)c3=O)cc2)co1. The number of piperazine rings is 1. The van der Waals surface area contributed by atoms with Crippen molar-refractivity contribution in [2.75, 3.05) is 38.1 Å². The lowest BCUT2D eigenvalue weighted by atomic mass is 10.1. The molecule has 0 spiro atoms. The van der Waals surface area contributed by atoms with Crippen molar-refractivity contribution < 1.29 is 4.42 Å². The lowest BCUT2D eigenvalue weighted by Crippen LogP contribution is -2.44. The summed E-state index contributed by atoms with van der Waals surface area (Å²) in [5, 5.41) is 0. The molecule has 1 aliphatic heterocycles. The summed E-state index contributed by atoms with van der Waals surface area (Å²) < 4.78 is 9.04. The van der Waals surface area contributed by atoms with Crippen LogP contribution in [-0.2, 0) is 13.0 Å². The van der Waals surface area contributed by atoms with E-state index in [0.29, 0.717) is 6.54 Å². The van der Waals surface area contributed by atoms with Crippen molar-refractivity contribution in [3.8, 4) is 16.9 Å². The van der Waals surface area contributed by atoms with E-state index in [4.69, 9.17) is 4.42 Å². The van der Waals surface area contributed by atoms with Gasteiger partial charge in [-0.1, -0.05) is 44.2 Å². The average molecular weight is 472 g/mol. The highest BCUT2D eigenvalue weighted by Crippen LogP contribution is 2.24. The molecule has 0 N–H and O–H groups in total. The number of para-hydroxylation sites is 1. The number of oxazole rings is 1. The molecule has 1 aliphatic rings. The molecule has 0 aliphatic carbocycles. The van der Waals surface area contributed by atoms with Crippen molar-refractivity contribution >= 4 is 5.69 Å². The van der Waals surface area contributed by atoms with Gasteiger partial charge in [0, 0.05) is 62.3 Å². The van der Waals surface area contributed by atoms with Crippen LogP contribution in [0.3, 0.4) is 0 Å². The quantitative estimate of drug-likeness (QED) is 0.400. The van der Waals surface area contributed by atoms with Gasteiger partial charge in [-0.2, -0.15) is 0 Å². The molecule has 1 fully saturated rings. The highest BCUT2D eigenvalue weighted by molar-refractivity contribution is 5.60. The number of imidazole rings is 1. The van der Waals surface area contributed by atoms with Crippen LogP contribution in [0.2, 0.25) is 0 Å². The molecule has 2 aromatic carbocycles. The molecule has 0 bridgehead atoms. The fourth-order valence-corrected chi connectivity index (χ4v) is 4.58. The van der Waals surface area contributed by atoms with Crippen LogP contribution in [-0.4, -0.2) is 52.2 Å². The summed E-state index contributed by atoms with van der Waals surface area (Å²) in [7, 11) is 2.17. The van der Waals surface area contributed by atoms with Crippen molar-refractivity contribution in [3.63, 3.8) is 0 Å². The van der Waals surface area contributed by atoms with Crippen LogP contribution >= 0.6 is 0 Å². The van der Waals surface area contributed by atoms with Crippen molar-refractivity contribution in [1.29, 1.82) is 0 Å². The van der Waals surface area contributed by atoms with Gasteiger partial charge in [0.25, 0.3) is 0 Å². The Morgan fingerprint density at radius 2 is 1.71 bits per heavy atom. The number of aryl methyl sites for hydroxylation is 2. The zero-order chi connectivity index (χ0) is 24.4. The first-order valence-electron chi connectivity index (χ1n) is 12.3. The largest absolute Gasteiger partial charge is 0.448 e. The van der Waals surface area contributed by atoms with E-state index in [1.807, 2.05) is 36.7 Å². The average Bonchev–Trinajstić information content (AvgIpc) is 3.51. The fraction of sp³-hybridized carbons (Fsp3) is 0.357. The first kappa shape index (κ1) is 23.2. The maximum Gasteiger partial charge on any atom is 0.332 e. The molecule has 4 aromatic rings. The van der Waals surface area contributed by atoms with Crippen molar-refractivity contribution in [3.05, 3.63) is 89.1 Å². The summed E-state index contributed by atoms with van der Waals surface area (Å²) >= 11 is 0. The molecule has 0 atom stereocenters. The van der Waals surface area contributed by atoms with Crippen molar-refractivity contribution in [2.24, 2.45) is 0 Å². The van der Waals surface area contributed by atoms with Gasteiger partial charge in [-0.05, 0) is 37.2 Å². The normalized spacial score (nSPS) is 14.7. The Kier molecular flexibility index (Phi) is 6.59. The maximum atomic E-state index is 13.1. The lowest BCUT2D eigenvalue weighted by Gasteiger charge is -2.35. The molecule has 7 nitrogen and oxygen atoms in total. The third-order valence-electron chi connectivity index (χ3n) is 6.76. The molecule has 7 heteroatoms. The zero-order valence-electron chi connectivity index (χ0n) is 20.7. The number of anilines is 1. The standard InChI is InChI=1S/C28H33N5O2/c1-21(2)27-29-25(20-35-27)22-8-10-24(11-9-22)33-19-18-32(28(33)34)13-12-23-6-4-5-7-26(23)31-16-14-30(3)15-17-31/h4-11,18-21H,12-17H2,1-3H3. The molecule has 0 amide bonds. The predicted molar refractivity (Wildman–Crippen MR) is 139 cm³/mol. The summed E-state index contributed by atoms with van der Waals surface area (Å²) in [5.74, 6) is 0.974. The minimum atomic E-state index is -0.0293. The summed E-state index contributed by atoms with van der Waals surface area (Å²) in [4.78, 5) is 22.5. The minimum Gasteiger partial charge on any atom is -0.448 e. The van der Waals surface area contributed by atoms with E-state index >= 15 is 0 Å². The second kappa shape index (κ2) is 9.96. The third kappa shape index (κ3) is 4.95. The van der Waals surface area contributed by atoms with Crippen molar-refractivity contribution in [2.45, 2.75) is 32.7 Å². The predicted octanol–water partition coefficient (Wildman–Crippen LogP) is 4.41. The van der Waals surface area contributed by atoms with E-state index in [1.54, 1.807) is 15.4 Å². The Hall–Kier alpha value is -3.58. The molecular weight excluding hydrogens is 438 g/mol. The molecule has 5 rings (SSSR count). The summed E-state index contributed by atoms with van der Waals surface area (Å²) in [6, 6.07) is 16.4. The molecule has 182 valence electrons. The van der Waals surface area contributed by atoms with Gasteiger partial charge < -0.3 is 14.2 Å². The summed E-state index contributed by atoms with van der Waals surface area (Å²) in [6.45, 7) is 8.98. The molecule has 35 heavy (non-hydrogen) atoms. The Bertz CT molecular complexity index is 1320. The van der Waals surface area contributed by atoms with Gasteiger partial charge in [-0.25, -0.2) is 9.78 Å². The number of nitrogens with zero attached hydrogens (tertiary/aromatic N) is 5. The monoisotopic (exact) mass is 471 g/mol. The smallest absolute Gasteiger partial charge is 0.332 e. The summed E-state index contributed by atoms with van der Waals surface area (Å²) in [6.07, 6.45) is 6.22. The molecular formula is C28H33N5O2. The van der Waals surface area contributed by atoms with E-state index < -0.39 is 0 Å². The molecule has 3 heterocycles. The Morgan fingerprint density at radius 1 is 0.971 bits per heavy atom. The van der Waals surface area contributed by atoms with Gasteiger partial charge in [0.2, 0.25) is 0 Å². The minimum absolute atomic E-state index is 0.0293. The number of hydrogen-bond acceptors (Lipinski definition) is 5. The number of hydrogen-bond donors (Lipinski definition) is 0. The van der Waals surface area contributed by atoms with Crippen LogP contribution in [0.1, 0.15) is 31.2 Å². The second-order valence-electron chi connectivity index (χ2n) is 9.59. The van der Waals surface area contributed by atoms with E-state index in [2.05, 4.69) is 59.9 Å². The van der Waals surface area contributed by atoms with Crippen molar-refractivity contribution in [1.82, 2.24) is 19.0 Å². The van der Waals surface area contributed by atoms with Gasteiger partial charge in [0.05, 0.1) is 5.69 Å². The van der Waals surface area contributed by atoms with Gasteiger partial charge >= 0.3 is 5.69 Å². The Morgan fingerprint density at radius 3 is 2.43 bits per heavy atom. The first-order valence-corrected chi connectivity index (χ1v) is 12.3. The van der Waals surface area contributed by atoms with E-state index in [1.165, 1.54) is 11.3 Å². The second-order valence-corrected chi connectivity index (χ2v) is 9.59. The molecule has 0 radical (unpaired) electrons. The number of likely N-dealkylation sites (N-methyl/N-ethyl adjacent to an activating group) is 1. The topological polar surface area (TPSA) is 59.4 Å². The van der Waals surface area contributed by atoms with Crippen LogP contribution in [0.5, 0.6) is 0 Å². The highest BCUT2D eigenvalue weighted by Gasteiger charge is 2.17. The molecule has 1 saturated heterocycles. The number of benzene rings is 2. The van der Waals surface area contributed by atoms with E-state index in [-0.39, 0.29) is 11.6 Å². The van der Waals surface area contributed by atoms with Crippen LogP contribution < -0.4 is 10.6 Å². The van der Waals surface area contributed by atoms with Gasteiger partial charge in [-0.15, -0.1) is 0 Å². The molecule has 2 aromatic heterocycles. The number of rotatable bonds is 7. The number of aromatic nitrogens is 3. The Labute approximate surface area is 206 Å². The van der Waals surface area contributed by atoms with Crippen LogP contribution in [0, 0.1) is 0 Å². The Balaban J connectivity index is 1.29. The molecule has 0 unspecified atom stereocenters.